The van der Waals surface area contributed by atoms with E-state index in [0.717, 1.165) is 18.9 Å². The van der Waals surface area contributed by atoms with Crippen molar-refractivity contribution in [2.45, 2.75) is 44.8 Å². The molecule has 3 nitrogen and oxygen atoms in total. The number of benzene rings is 1. The molecule has 1 aromatic rings. The molecular formula is C16H25NO2. The first-order valence-corrected chi connectivity index (χ1v) is 7.29. The molecule has 106 valence electrons. The lowest BCUT2D eigenvalue weighted by Crippen LogP contribution is -2.21. The van der Waals surface area contributed by atoms with Crippen molar-refractivity contribution >= 4 is 0 Å². The van der Waals surface area contributed by atoms with Gasteiger partial charge in [-0.1, -0.05) is 18.2 Å². The molecule has 0 bridgehead atoms. The van der Waals surface area contributed by atoms with Crippen LogP contribution in [-0.4, -0.2) is 26.4 Å². The molecule has 1 aliphatic rings. The maximum absolute atomic E-state index is 5.63. The van der Waals surface area contributed by atoms with Gasteiger partial charge in [-0.3, -0.25) is 0 Å². The summed E-state index contributed by atoms with van der Waals surface area (Å²) in [5.74, 6) is 0.960. The van der Waals surface area contributed by atoms with Crippen molar-refractivity contribution in [1.82, 2.24) is 5.32 Å². The SMILES string of the molecule is COc1ccccc1[C@H](C)NCCCC1CCCO1. The minimum Gasteiger partial charge on any atom is -0.496 e. The Balaban J connectivity index is 1.72. The van der Waals surface area contributed by atoms with E-state index in [-0.39, 0.29) is 0 Å². The Morgan fingerprint density at radius 2 is 2.26 bits per heavy atom. The van der Waals surface area contributed by atoms with Gasteiger partial charge >= 0.3 is 0 Å². The van der Waals surface area contributed by atoms with Crippen molar-refractivity contribution in [2.75, 3.05) is 20.3 Å². The van der Waals surface area contributed by atoms with E-state index in [9.17, 15) is 0 Å². The highest BCUT2D eigenvalue weighted by molar-refractivity contribution is 5.35. The number of methoxy groups -OCH3 is 1. The fourth-order valence-corrected chi connectivity index (χ4v) is 2.65. The van der Waals surface area contributed by atoms with Crippen molar-refractivity contribution in [1.29, 1.82) is 0 Å². The molecule has 1 unspecified atom stereocenters. The summed E-state index contributed by atoms with van der Waals surface area (Å²) in [7, 11) is 1.73. The molecule has 1 N–H and O–H groups in total. The molecule has 19 heavy (non-hydrogen) atoms. The largest absolute Gasteiger partial charge is 0.496 e. The third-order valence-corrected chi connectivity index (χ3v) is 3.78. The molecule has 3 heteroatoms. The van der Waals surface area contributed by atoms with Crippen LogP contribution in [0, 0.1) is 0 Å². The number of hydrogen-bond acceptors (Lipinski definition) is 3. The van der Waals surface area contributed by atoms with Gasteiger partial charge < -0.3 is 14.8 Å². The summed E-state index contributed by atoms with van der Waals surface area (Å²) in [6, 6.07) is 8.52. The third kappa shape index (κ3) is 4.22. The zero-order valence-electron chi connectivity index (χ0n) is 12.0. The molecule has 2 rings (SSSR count). The maximum atomic E-state index is 5.63. The normalized spacial score (nSPS) is 20.4. The smallest absolute Gasteiger partial charge is 0.123 e. The number of hydrogen-bond donors (Lipinski definition) is 1. The van der Waals surface area contributed by atoms with E-state index in [0.29, 0.717) is 12.1 Å². The van der Waals surface area contributed by atoms with Crippen LogP contribution in [0.4, 0.5) is 0 Å². The molecule has 0 radical (unpaired) electrons. The first-order valence-electron chi connectivity index (χ1n) is 7.29. The monoisotopic (exact) mass is 263 g/mol. The van der Waals surface area contributed by atoms with Crippen LogP contribution in [0.5, 0.6) is 5.75 Å². The lowest BCUT2D eigenvalue weighted by molar-refractivity contribution is 0.102. The van der Waals surface area contributed by atoms with E-state index in [4.69, 9.17) is 9.47 Å². The summed E-state index contributed by atoms with van der Waals surface area (Å²) in [4.78, 5) is 0. The molecule has 1 fully saturated rings. The van der Waals surface area contributed by atoms with Crippen molar-refractivity contribution in [3.8, 4) is 5.75 Å². The van der Waals surface area contributed by atoms with Gasteiger partial charge in [0.15, 0.2) is 0 Å². The molecule has 2 atom stereocenters. The Hall–Kier alpha value is -1.06. The summed E-state index contributed by atoms with van der Waals surface area (Å²) in [5.41, 5.74) is 1.22. The molecule has 1 heterocycles. The van der Waals surface area contributed by atoms with Crippen LogP contribution in [0.3, 0.4) is 0 Å². The zero-order valence-corrected chi connectivity index (χ0v) is 12.0. The summed E-state index contributed by atoms with van der Waals surface area (Å²) in [5, 5.41) is 3.56. The van der Waals surface area contributed by atoms with Gasteiger partial charge in [-0.05, 0) is 45.2 Å². The van der Waals surface area contributed by atoms with Gasteiger partial charge in [-0.25, -0.2) is 0 Å². The molecule has 0 saturated carbocycles. The molecular weight excluding hydrogens is 238 g/mol. The Kier molecular flexibility index (Phi) is 5.67. The summed E-state index contributed by atoms with van der Waals surface area (Å²) in [6.45, 7) is 4.17. The molecule has 0 aliphatic carbocycles. The van der Waals surface area contributed by atoms with Crippen molar-refractivity contribution in [3.63, 3.8) is 0 Å². The van der Waals surface area contributed by atoms with Crippen LogP contribution < -0.4 is 10.1 Å². The van der Waals surface area contributed by atoms with Gasteiger partial charge in [0.2, 0.25) is 0 Å². The second kappa shape index (κ2) is 7.51. The van der Waals surface area contributed by atoms with E-state index in [1.54, 1.807) is 7.11 Å². The van der Waals surface area contributed by atoms with Gasteiger partial charge in [0.05, 0.1) is 13.2 Å². The third-order valence-electron chi connectivity index (χ3n) is 3.78. The molecule has 1 aliphatic heterocycles. The molecule has 1 saturated heterocycles. The topological polar surface area (TPSA) is 30.5 Å². The van der Waals surface area contributed by atoms with Gasteiger partial charge in [0.1, 0.15) is 5.75 Å². The molecule has 0 spiro atoms. The van der Waals surface area contributed by atoms with E-state index in [1.165, 1.54) is 31.2 Å². The summed E-state index contributed by atoms with van der Waals surface area (Å²) in [6.07, 6.45) is 5.32. The highest BCUT2D eigenvalue weighted by atomic mass is 16.5. The maximum Gasteiger partial charge on any atom is 0.123 e. The van der Waals surface area contributed by atoms with Crippen LogP contribution in [-0.2, 0) is 4.74 Å². The molecule has 0 amide bonds. The van der Waals surface area contributed by atoms with E-state index in [1.807, 2.05) is 12.1 Å². The second-order valence-electron chi connectivity index (χ2n) is 5.20. The standard InChI is InChI=1S/C16H25NO2/c1-13(15-9-3-4-10-16(15)18-2)17-11-5-7-14-8-6-12-19-14/h3-4,9-10,13-14,17H,5-8,11-12H2,1-2H3/t13-,14?/m0/s1. The molecule has 1 aromatic carbocycles. The van der Waals surface area contributed by atoms with Crippen LogP contribution >= 0.6 is 0 Å². The van der Waals surface area contributed by atoms with E-state index < -0.39 is 0 Å². The fourth-order valence-electron chi connectivity index (χ4n) is 2.65. The minimum atomic E-state index is 0.320. The van der Waals surface area contributed by atoms with Gasteiger partial charge in [0, 0.05) is 18.2 Å². The van der Waals surface area contributed by atoms with Crippen molar-refractivity contribution < 1.29 is 9.47 Å². The Morgan fingerprint density at radius 3 is 3.00 bits per heavy atom. The van der Waals surface area contributed by atoms with E-state index in [2.05, 4.69) is 24.4 Å². The quantitative estimate of drug-likeness (QED) is 0.766. The van der Waals surface area contributed by atoms with Crippen LogP contribution in [0.2, 0.25) is 0 Å². The highest BCUT2D eigenvalue weighted by Crippen LogP contribution is 2.24. The summed E-state index contributed by atoms with van der Waals surface area (Å²) >= 11 is 0. The number of nitrogens with one attached hydrogen (secondary N) is 1. The van der Waals surface area contributed by atoms with Crippen LogP contribution in [0.25, 0.3) is 0 Å². The predicted octanol–water partition coefficient (Wildman–Crippen LogP) is 3.31. The second-order valence-corrected chi connectivity index (χ2v) is 5.20. The fraction of sp³-hybridized carbons (Fsp3) is 0.625. The Bertz CT molecular complexity index is 375. The van der Waals surface area contributed by atoms with Crippen LogP contribution in [0.1, 0.15) is 44.2 Å². The zero-order chi connectivity index (χ0) is 13.5. The number of ether oxygens (including phenoxy) is 2. The van der Waals surface area contributed by atoms with Crippen LogP contribution in [0.15, 0.2) is 24.3 Å². The Morgan fingerprint density at radius 1 is 1.42 bits per heavy atom. The minimum absolute atomic E-state index is 0.320. The average Bonchev–Trinajstić information content (AvgIpc) is 2.96. The predicted molar refractivity (Wildman–Crippen MR) is 77.6 cm³/mol. The van der Waals surface area contributed by atoms with E-state index >= 15 is 0 Å². The van der Waals surface area contributed by atoms with Crippen molar-refractivity contribution in [2.24, 2.45) is 0 Å². The Labute approximate surface area is 116 Å². The summed E-state index contributed by atoms with van der Waals surface area (Å²) < 4.78 is 11.0. The van der Waals surface area contributed by atoms with Gasteiger partial charge in [-0.2, -0.15) is 0 Å². The lowest BCUT2D eigenvalue weighted by Gasteiger charge is -2.17. The first-order chi connectivity index (χ1) is 9.31. The first kappa shape index (κ1) is 14.4. The van der Waals surface area contributed by atoms with Gasteiger partial charge in [-0.15, -0.1) is 0 Å². The lowest BCUT2D eigenvalue weighted by atomic mass is 10.1. The number of rotatable bonds is 7. The average molecular weight is 263 g/mol. The van der Waals surface area contributed by atoms with Crippen molar-refractivity contribution in [3.05, 3.63) is 29.8 Å². The van der Waals surface area contributed by atoms with Gasteiger partial charge in [0.25, 0.3) is 0 Å². The highest BCUT2D eigenvalue weighted by Gasteiger charge is 2.15. The molecule has 0 aromatic heterocycles. The number of para-hydroxylation sites is 1.